The molecule has 0 aliphatic heterocycles. The van der Waals surface area contributed by atoms with E-state index >= 15 is 0 Å². The van der Waals surface area contributed by atoms with E-state index < -0.39 is 0 Å². The van der Waals surface area contributed by atoms with Crippen molar-refractivity contribution in [1.29, 1.82) is 0 Å². The Labute approximate surface area is 457 Å². The molecule has 0 saturated heterocycles. The van der Waals surface area contributed by atoms with E-state index in [1.165, 1.54) is 164 Å². The minimum atomic E-state index is -0.0800. The van der Waals surface area contributed by atoms with E-state index in [0.717, 1.165) is 0 Å². The van der Waals surface area contributed by atoms with E-state index in [9.17, 15) is 0 Å². The molecule has 0 amide bonds. The van der Waals surface area contributed by atoms with Gasteiger partial charge in [0, 0.05) is 0 Å². The maximum Gasteiger partial charge on any atom is -0.000718 e. The summed E-state index contributed by atoms with van der Waals surface area (Å²) in [6.45, 7) is 40.3. The summed E-state index contributed by atoms with van der Waals surface area (Å²) in [4.78, 5) is 0. The predicted molar refractivity (Wildman–Crippen MR) is 341 cm³/mol. The molecule has 12 aromatic rings. The monoisotopic (exact) mass is 1000 g/mol. The Hall–Kier alpha value is -7.02. The quantitative estimate of drug-likeness (QED) is 0.122. The van der Waals surface area contributed by atoms with Crippen molar-refractivity contribution in [3.8, 4) is 44.5 Å². The minimum absolute atomic E-state index is 0.0146. The van der Waals surface area contributed by atoms with E-state index in [1.807, 2.05) is 0 Å². The van der Waals surface area contributed by atoms with Gasteiger partial charge in [-0.05, 0) is 227 Å². The Kier molecular flexibility index (Phi) is 10.5. The first kappa shape index (κ1) is 49.5. The van der Waals surface area contributed by atoms with Gasteiger partial charge in [0.25, 0.3) is 0 Å². The van der Waals surface area contributed by atoms with Crippen molar-refractivity contribution in [2.45, 2.75) is 151 Å². The van der Waals surface area contributed by atoms with Crippen molar-refractivity contribution < 1.29 is 0 Å². The molecule has 0 spiro atoms. The molecule has 0 aromatic heterocycles. The number of rotatable bonds is 3. The first-order chi connectivity index (χ1) is 36.1. The lowest BCUT2D eigenvalue weighted by Gasteiger charge is -2.29. The average molecular weight is 1000 g/mol. The number of benzene rings is 12. The van der Waals surface area contributed by atoms with Gasteiger partial charge >= 0.3 is 0 Å². The van der Waals surface area contributed by atoms with Crippen molar-refractivity contribution in [3.63, 3.8) is 0 Å². The van der Waals surface area contributed by atoms with E-state index in [0.29, 0.717) is 5.92 Å². The molecule has 0 fully saturated rings. The van der Waals surface area contributed by atoms with Gasteiger partial charge < -0.3 is 0 Å². The molecular formula is C77H76. The van der Waals surface area contributed by atoms with Crippen molar-refractivity contribution in [2.24, 2.45) is 0 Å². The van der Waals surface area contributed by atoms with Crippen molar-refractivity contribution >= 4 is 86.2 Å². The molecule has 0 radical (unpaired) electrons. The summed E-state index contributed by atoms with van der Waals surface area (Å²) < 4.78 is 0. The topological polar surface area (TPSA) is 0 Å². The van der Waals surface area contributed by atoms with Crippen LogP contribution in [0.3, 0.4) is 0 Å². The predicted octanol–water partition coefficient (Wildman–Crippen LogP) is 22.9. The van der Waals surface area contributed by atoms with Crippen LogP contribution in [0.4, 0.5) is 0 Å². The lowest BCUT2D eigenvalue weighted by atomic mass is 9.75. The number of fused-ring (bicyclic) bond motifs is 11. The molecule has 0 nitrogen and oxygen atoms in total. The van der Waals surface area contributed by atoms with Gasteiger partial charge in [-0.25, -0.2) is 0 Å². The molecule has 12 aromatic carbocycles. The van der Waals surface area contributed by atoms with E-state index in [4.69, 9.17) is 0 Å². The largest absolute Gasteiger partial charge is 0.0616 e. The maximum absolute atomic E-state index is 2.65. The second-order valence-electron chi connectivity index (χ2n) is 28.9. The summed E-state index contributed by atoms with van der Waals surface area (Å²) in [5, 5.41) is 21.1. The SMILES string of the molecule is CC(C)c1ccc2cc3c(cc2c1)c1ccccc1c1cc2c(-c4cc(C(C)(C)C)cc(C(C)(C)C)c4)c4c(c(-c5cc(C(C)(C)C)cc(C(C)(C)C)c5)c2cc31)-c1ccc2ccc3cc(C(C)(C)C)cc5cc-4c1c2c35. The fourth-order valence-electron chi connectivity index (χ4n) is 13.2. The van der Waals surface area contributed by atoms with Gasteiger partial charge in [0.05, 0.1) is 0 Å². The first-order valence-electron chi connectivity index (χ1n) is 28.6. The molecule has 384 valence electrons. The van der Waals surface area contributed by atoms with Crippen LogP contribution in [0.15, 0.2) is 146 Å². The molecule has 0 saturated carbocycles. The molecule has 1 aliphatic carbocycles. The van der Waals surface area contributed by atoms with Crippen LogP contribution in [0, 0.1) is 0 Å². The second kappa shape index (κ2) is 16.3. The lowest BCUT2D eigenvalue weighted by molar-refractivity contribution is 0.568. The highest BCUT2D eigenvalue weighted by Gasteiger charge is 2.35. The first-order valence-corrected chi connectivity index (χ1v) is 28.6. The van der Waals surface area contributed by atoms with Gasteiger partial charge in [0.15, 0.2) is 0 Å². The lowest BCUT2D eigenvalue weighted by Crippen LogP contribution is -2.17. The molecular weight excluding hydrogens is 925 g/mol. The Morgan fingerprint density at radius 3 is 1.19 bits per heavy atom. The summed E-state index contributed by atoms with van der Waals surface area (Å²) >= 11 is 0. The molecule has 0 unspecified atom stereocenters. The Morgan fingerprint density at radius 2 is 0.675 bits per heavy atom. The van der Waals surface area contributed by atoms with E-state index in [-0.39, 0.29) is 27.1 Å². The highest BCUT2D eigenvalue weighted by Crippen LogP contribution is 2.61. The fourth-order valence-corrected chi connectivity index (χ4v) is 13.2. The third-order valence-electron chi connectivity index (χ3n) is 17.9. The van der Waals surface area contributed by atoms with Crippen LogP contribution >= 0.6 is 0 Å². The molecule has 0 bridgehead atoms. The number of hydrogen-bond donors (Lipinski definition) is 0. The van der Waals surface area contributed by atoms with Crippen LogP contribution in [0.2, 0.25) is 0 Å². The van der Waals surface area contributed by atoms with Crippen LogP contribution < -0.4 is 0 Å². The second-order valence-corrected chi connectivity index (χ2v) is 28.9. The summed E-state index contributed by atoms with van der Waals surface area (Å²) in [5.41, 5.74) is 18.5. The Balaban J connectivity index is 1.32. The minimum Gasteiger partial charge on any atom is -0.0616 e. The van der Waals surface area contributed by atoms with Crippen molar-refractivity contribution in [2.75, 3.05) is 0 Å². The molecule has 1 aliphatic rings. The van der Waals surface area contributed by atoms with Crippen molar-refractivity contribution in [1.82, 2.24) is 0 Å². The normalized spacial score (nSPS) is 13.6. The fraction of sp³-hybridized carbons (Fsp3) is 0.299. The zero-order valence-electron chi connectivity index (χ0n) is 48.9. The molecule has 0 atom stereocenters. The molecule has 0 heterocycles. The van der Waals surface area contributed by atoms with Crippen LogP contribution in [-0.2, 0) is 27.1 Å². The molecule has 0 N–H and O–H groups in total. The molecule has 0 heteroatoms. The van der Waals surface area contributed by atoms with Gasteiger partial charge in [-0.2, -0.15) is 0 Å². The molecule has 77 heavy (non-hydrogen) atoms. The van der Waals surface area contributed by atoms with Gasteiger partial charge in [-0.3, -0.25) is 0 Å². The third kappa shape index (κ3) is 7.66. The van der Waals surface area contributed by atoms with Gasteiger partial charge in [-0.1, -0.05) is 233 Å². The van der Waals surface area contributed by atoms with Gasteiger partial charge in [-0.15, -0.1) is 0 Å². The van der Waals surface area contributed by atoms with Crippen LogP contribution in [0.5, 0.6) is 0 Å². The van der Waals surface area contributed by atoms with Crippen molar-refractivity contribution in [3.05, 3.63) is 179 Å². The van der Waals surface area contributed by atoms with Gasteiger partial charge in [0.1, 0.15) is 0 Å². The Bertz CT molecular complexity index is 4450. The van der Waals surface area contributed by atoms with Crippen LogP contribution in [0.1, 0.15) is 157 Å². The summed E-state index contributed by atoms with van der Waals surface area (Å²) in [5.74, 6) is 0.451. The zero-order valence-corrected chi connectivity index (χ0v) is 48.9. The average Bonchev–Trinajstić information content (AvgIpc) is 3.93. The third-order valence-corrected chi connectivity index (χ3v) is 17.9. The summed E-state index contributed by atoms with van der Waals surface area (Å²) in [6.07, 6.45) is 0. The Morgan fingerprint density at radius 1 is 0.260 bits per heavy atom. The van der Waals surface area contributed by atoms with Crippen LogP contribution in [-0.4, -0.2) is 0 Å². The number of hydrogen-bond acceptors (Lipinski definition) is 0. The summed E-state index contributed by atoms with van der Waals surface area (Å²) in [6, 6.07) is 59.2. The molecule has 13 rings (SSSR count). The van der Waals surface area contributed by atoms with Crippen LogP contribution in [0.25, 0.3) is 131 Å². The standard InChI is InChI=1S/C77H76/c1-42(2)44-23-24-45-35-60-59(36-47(45)28-44)56-20-18-19-21-57(56)61-40-63-64(41-62(60)61)67(48-30-52(74(6,7)8)38-53(31-48)75(9,10)11)71-58-27-26-43-22-25-46-29-51(73(3,4)5)34-50-37-65(70(58)69(43)66(46)50)72(71)68(63)49-32-54(76(12,13)14)39-55(33-49)77(15,16)17/h18-42H,1-17H3. The highest BCUT2D eigenvalue weighted by molar-refractivity contribution is 6.37. The highest BCUT2D eigenvalue weighted by atomic mass is 14.4. The van der Waals surface area contributed by atoms with E-state index in [2.05, 4.69) is 263 Å². The zero-order chi connectivity index (χ0) is 54.4. The summed E-state index contributed by atoms with van der Waals surface area (Å²) in [7, 11) is 0. The van der Waals surface area contributed by atoms with Gasteiger partial charge in [0.2, 0.25) is 0 Å². The smallest absolute Gasteiger partial charge is 0.000718 e. The van der Waals surface area contributed by atoms with E-state index in [1.54, 1.807) is 0 Å². The maximum atomic E-state index is 2.65.